The second-order valence-electron chi connectivity index (χ2n) is 8.54. The van der Waals surface area contributed by atoms with E-state index < -0.39 is 35.6 Å². The van der Waals surface area contributed by atoms with Gasteiger partial charge in [-0.2, -0.15) is 18.2 Å². The minimum Gasteiger partial charge on any atom is -0.425 e. The summed E-state index contributed by atoms with van der Waals surface area (Å²) in [5.41, 5.74) is 0.0261. The van der Waals surface area contributed by atoms with Gasteiger partial charge in [-0.15, -0.1) is 0 Å². The normalized spacial score (nSPS) is 12.7. The van der Waals surface area contributed by atoms with Gasteiger partial charge in [0.1, 0.15) is 5.75 Å². The molecule has 2 aromatic carbocycles. The van der Waals surface area contributed by atoms with Crippen LogP contribution in [0.1, 0.15) is 43.5 Å². The number of fused-ring (bicyclic) bond motifs is 1. The fourth-order valence-corrected chi connectivity index (χ4v) is 4.25. The lowest BCUT2D eigenvalue weighted by Crippen LogP contribution is -2.41. The van der Waals surface area contributed by atoms with Crippen molar-refractivity contribution in [3.8, 4) is 11.8 Å². The zero-order valence-electron chi connectivity index (χ0n) is 20.6. The minimum absolute atomic E-state index is 0.0534. The second-order valence-corrected chi connectivity index (χ2v) is 8.54. The van der Waals surface area contributed by atoms with Crippen LogP contribution in [0.5, 0.6) is 11.8 Å². The molecule has 0 radical (unpaired) electrons. The number of halogens is 3. The number of aliphatic hydroxyl groups is 1. The van der Waals surface area contributed by atoms with Crippen molar-refractivity contribution in [1.82, 2.24) is 18.7 Å². The molecule has 196 valence electrons. The van der Waals surface area contributed by atoms with Gasteiger partial charge in [0, 0.05) is 6.54 Å². The number of alkyl halides is 3. The quantitative estimate of drug-likeness (QED) is 0.376. The van der Waals surface area contributed by atoms with Gasteiger partial charge in [0.2, 0.25) is 0 Å². The third kappa shape index (κ3) is 4.91. The highest BCUT2D eigenvalue weighted by Crippen LogP contribution is 2.34. The highest BCUT2D eigenvalue weighted by Gasteiger charge is 2.30. The summed E-state index contributed by atoms with van der Waals surface area (Å²) in [6.07, 6.45) is -3.65. The smallest absolute Gasteiger partial charge is 0.416 e. The Balaban J connectivity index is 1.95. The van der Waals surface area contributed by atoms with E-state index in [1.54, 1.807) is 6.92 Å². The van der Waals surface area contributed by atoms with E-state index in [4.69, 9.17) is 4.74 Å². The summed E-state index contributed by atoms with van der Waals surface area (Å²) in [4.78, 5) is 30.9. The molecule has 0 aliphatic carbocycles. The average Bonchev–Trinajstić information content (AvgIpc) is 3.25. The number of aliphatic hydroxyl groups excluding tert-OH is 1. The predicted molar refractivity (Wildman–Crippen MR) is 132 cm³/mol. The van der Waals surface area contributed by atoms with E-state index >= 15 is 0 Å². The van der Waals surface area contributed by atoms with Gasteiger partial charge in [0.05, 0.1) is 24.8 Å². The average molecular weight is 517 g/mol. The summed E-state index contributed by atoms with van der Waals surface area (Å²) < 4.78 is 48.8. The van der Waals surface area contributed by atoms with Crippen molar-refractivity contribution >= 4 is 11.2 Å². The number of ether oxygens (including phenoxy) is 1. The number of nitrogens with zero attached hydrogens (tertiary/aromatic N) is 4. The molecule has 0 saturated heterocycles. The fraction of sp³-hybridized carbons (Fsp3) is 0.346. The third-order valence-electron chi connectivity index (χ3n) is 6.31. The molecule has 0 fully saturated rings. The van der Waals surface area contributed by atoms with Crippen molar-refractivity contribution < 1.29 is 23.0 Å². The molecule has 0 aliphatic rings. The van der Waals surface area contributed by atoms with Crippen LogP contribution in [0.2, 0.25) is 0 Å². The van der Waals surface area contributed by atoms with Crippen LogP contribution < -0.4 is 16.0 Å². The Morgan fingerprint density at radius 1 is 1.00 bits per heavy atom. The number of aryl methyl sites for hydroxylation is 2. The van der Waals surface area contributed by atoms with E-state index in [1.165, 1.54) is 21.3 Å². The largest absolute Gasteiger partial charge is 0.425 e. The first-order chi connectivity index (χ1) is 17.6. The Hall–Kier alpha value is -3.86. The van der Waals surface area contributed by atoms with Crippen molar-refractivity contribution in [2.45, 2.75) is 52.5 Å². The van der Waals surface area contributed by atoms with Gasteiger partial charge in [0.25, 0.3) is 5.56 Å². The molecule has 2 aromatic heterocycles. The molecule has 2 heterocycles. The summed E-state index contributed by atoms with van der Waals surface area (Å²) in [5.74, 6) is 0.0826. The number of imidazole rings is 1. The molecule has 0 aliphatic heterocycles. The number of benzene rings is 2. The summed E-state index contributed by atoms with van der Waals surface area (Å²) in [6.45, 7) is 5.16. The molecule has 37 heavy (non-hydrogen) atoms. The minimum atomic E-state index is -4.50. The maximum Gasteiger partial charge on any atom is 0.416 e. The lowest BCUT2D eigenvalue weighted by atomic mass is 10.0. The SMILES string of the molecule is CCc1ccc(C(C)n2c(Oc3ccc(C(F)(F)F)cc3)nc3c2c(=O)n(CCO)c(=O)n3CC)cc1. The van der Waals surface area contributed by atoms with E-state index in [0.29, 0.717) is 0 Å². The van der Waals surface area contributed by atoms with E-state index in [1.807, 2.05) is 38.1 Å². The first-order valence-corrected chi connectivity index (χ1v) is 11.9. The van der Waals surface area contributed by atoms with Gasteiger partial charge < -0.3 is 9.84 Å². The zero-order chi connectivity index (χ0) is 26.9. The van der Waals surface area contributed by atoms with Crippen LogP contribution in [-0.2, 0) is 25.7 Å². The molecular weight excluding hydrogens is 489 g/mol. The fourth-order valence-electron chi connectivity index (χ4n) is 4.25. The summed E-state index contributed by atoms with van der Waals surface area (Å²) in [7, 11) is 0. The standard InChI is InChI=1S/C26H27F3N4O4/c1-4-17-6-8-18(9-7-17)16(3)33-21-22(31(5-2)25(36)32(14-15-34)23(21)35)30-24(33)37-20-12-10-19(11-13-20)26(27,28)29/h6-13,16,34H,4-5,14-15H2,1-3H3. The monoisotopic (exact) mass is 516 g/mol. The van der Waals surface area contributed by atoms with Crippen molar-refractivity contribution in [3.05, 3.63) is 86.1 Å². The maximum atomic E-state index is 13.5. The molecule has 0 saturated carbocycles. The maximum absolute atomic E-state index is 13.5. The molecule has 1 atom stereocenters. The van der Waals surface area contributed by atoms with Crippen LogP contribution in [0.15, 0.2) is 58.1 Å². The predicted octanol–water partition coefficient (Wildman–Crippen LogP) is 4.35. The van der Waals surface area contributed by atoms with Crippen LogP contribution in [-0.4, -0.2) is 30.4 Å². The summed E-state index contributed by atoms with van der Waals surface area (Å²) >= 11 is 0. The number of rotatable bonds is 8. The summed E-state index contributed by atoms with van der Waals surface area (Å²) in [5, 5.41) is 9.45. The molecule has 0 bridgehead atoms. The molecule has 1 unspecified atom stereocenters. The Bertz CT molecular complexity index is 1520. The van der Waals surface area contributed by atoms with Crippen molar-refractivity contribution in [2.75, 3.05) is 6.61 Å². The van der Waals surface area contributed by atoms with Crippen molar-refractivity contribution in [1.29, 1.82) is 0 Å². The molecule has 0 spiro atoms. The number of aromatic nitrogens is 4. The number of hydrogen-bond donors (Lipinski definition) is 1. The lowest BCUT2D eigenvalue weighted by molar-refractivity contribution is -0.137. The van der Waals surface area contributed by atoms with E-state index in [2.05, 4.69) is 4.98 Å². The number of hydrogen-bond acceptors (Lipinski definition) is 5. The van der Waals surface area contributed by atoms with Crippen molar-refractivity contribution in [2.24, 2.45) is 0 Å². The molecule has 11 heteroatoms. The Labute approximate surface area is 210 Å². The molecule has 1 N–H and O–H groups in total. The van der Waals surface area contributed by atoms with Crippen LogP contribution >= 0.6 is 0 Å². The summed E-state index contributed by atoms with van der Waals surface area (Å²) in [6, 6.07) is 11.4. The van der Waals surface area contributed by atoms with Gasteiger partial charge in [0.15, 0.2) is 11.2 Å². The van der Waals surface area contributed by atoms with E-state index in [-0.39, 0.29) is 36.0 Å². The zero-order valence-corrected chi connectivity index (χ0v) is 20.6. The third-order valence-corrected chi connectivity index (χ3v) is 6.31. The molecule has 0 amide bonds. The Morgan fingerprint density at radius 3 is 2.19 bits per heavy atom. The Morgan fingerprint density at radius 2 is 1.65 bits per heavy atom. The van der Waals surface area contributed by atoms with Gasteiger partial charge in [-0.1, -0.05) is 31.2 Å². The van der Waals surface area contributed by atoms with Gasteiger partial charge in [-0.25, -0.2) is 4.79 Å². The molecule has 8 nitrogen and oxygen atoms in total. The van der Waals surface area contributed by atoms with Crippen LogP contribution in [0, 0.1) is 0 Å². The van der Waals surface area contributed by atoms with Crippen molar-refractivity contribution in [3.63, 3.8) is 0 Å². The van der Waals surface area contributed by atoms with Crippen LogP contribution in [0.4, 0.5) is 13.2 Å². The molecular formula is C26H27F3N4O4. The molecule has 4 aromatic rings. The van der Waals surface area contributed by atoms with Crippen LogP contribution in [0.25, 0.3) is 11.2 Å². The first kappa shape index (κ1) is 26.2. The van der Waals surface area contributed by atoms with Gasteiger partial charge >= 0.3 is 17.9 Å². The van der Waals surface area contributed by atoms with E-state index in [9.17, 15) is 27.9 Å². The van der Waals surface area contributed by atoms with E-state index in [0.717, 1.165) is 34.2 Å². The lowest BCUT2D eigenvalue weighted by Gasteiger charge is -2.18. The molecule has 4 rings (SSSR count). The van der Waals surface area contributed by atoms with Crippen LogP contribution in [0.3, 0.4) is 0 Å². The highest BCUT2D eigenvalue weighted by atomic mass is 19.4. The van der Waals surface area contributed by atoms with Gasteiger partial charge in [-0.3, -0.25) is 18.5 Å². The highest BCUT2D eigenvalue weighted by molar-refractivity contribution is 5.72. The van der Waals surface area contributed by atoms with Gasteiger partial charge in [-0.05, 0) is 55.7 Å². The Kier molecular flexibility index (Phi) is 7.26. The second kappa shape index (κ2) is 10.3. The first-order valence-electron chi connectivity index (χ1n) is 11.9. The topological polar surface area (TPSA) is 91.3 Å².